The van der Waals surface area contributed by atoms with Crippen molar-refractivity contribution >= 4 is 23.4 Å². The van der Waals surface area contributed by atoms with Gasteiger partial charge in [0.25, 0.3) is 5.91 Å². The number of anilines is 1. The Morgan fingerprint density at radius 3 is 2.74 bits per heavy atom. The Kier molecular flexibility index (Phi) is 4.11. The third-order valence-electron chi connectivity index (χ3n) is 5.27. The van der Waals surface area contributed by atoms with Crippen molar-refractivity contribution in [1.82, 2.24) is 0 Å². The van der Waals surface area contributed by atoms with Crippen LogP contribution in [0.4, 0.5) is 5.69 Å². The number of nitrogens with two attached hydrogens (primary N) is 1. The fourth-order valence-electron chi connectivity index (χ4n) is 3.79. The van der Waals surface area contributed by atoms with Crippen LogP contribution in [0.2, 0.25) is 0 Å². The SMILES string of the molecule is COc1ccc2c(c1)CC1(CCN(c3ccc(/C(C=N)=C/N)cc3)C1=O)O2. The summed E-state index contributed by atoms with van der Waals surface area (Å²) in [5, 5.41) is 7.39. The van der Waals surface area contributed by atoms with Gasteiger partial charge in [0.2, 0.25) is 0 Å². The molecule has 0 radical (unpaired) electrons. The predicted molar refractivity (Wildman–Crippen MR) is 104 cm³/mol. The van der Waals surface area contributed by atoms with Crippen LogP contribution in [0.3, 0.4) is 0 Å². The number of fused-ring (bicyclic) bond motifs is 1. The van der Waals surface area contributed by atoms with Crippen LogP contribution in [0.15, 0.2) is 48.7 Å². The molecule has 27 heavy (non-hydrogen) atoms. The first-order valence-corrected chi connectivity index (χ1v) is 8.81. The zero-order valence-electron chi connectivity index (χ0n) is 15.1. The number of hydrogen-bond donors (Lipinski definition) is 2. The normalized spacial score (nSPS) is 21.3. The minimum absolute atomic E-state index is 0.0212. The highest BCUT2D eigenvalue weighted by Gasteiger charge is 2.53. The summed E-state index contributed by atoms with van der Waals surface area (Å²) in [7, 11) is 1.63. The van der Waals surface area contributed by atoms with E-state index in [0.717, 1.165) is 28.3 Å². The van der Waals surface area contributed by atoms with Crippen molar-refractivity contribution in [3.63, 3.8) is 0 Å². The van der Waals surface area contributed by atoms with Crippen LogP contribution in [0.1, 0.15) is 17.5 Å². The standard InChI is InChI=1S/C21H21N3O3/c1-26-18-6-7-19-15(10-18)11-21(27-19)8-9-24(20(21)25)17-4-2-14(3-5-17)16(12-22)13-23/h2-7,10,12-13,22H,8-9,11,23H2,1H3/b16-13+,22-12?. The summed E-state index contributed by atoms with van der Waals surface area (Å²) < 4.78 is 11.4. The molecule has 0 aliphatic carbocycles. The number of carbonyl (C=O) groups is 1. The lowest BCUT2D eigenvalue weighted by atomic mass is 9.95. The van der Waals surface area contributed by atoms with Gasteiger partial charge in [-0.25, -0.2) is 0 Å². The summed E-state index contributed by atoms with van der Waals surface area (Å²) in [5.74, 6) is 1.50. The lowest BCUT2D eigenvalue weighted by Gasteiger charge is -2.23. The molecule has 2 heterocycles. The molecule has 2 aliphatic heterocycles. The maximum atomic E-state index is 13.2. The fraction of sp³-hybridized carbons (Fsp3) is 0.238. The quantitative estimate of drug-likeness (QED) is 0.818. The summed E-state index contributed by atoms with van der Waals surface area (Å²) in [5.41, 5.74) is 8.00. The van der Waals surface area contributed by atoms with E-state index >= 15 is 0 Å². The van der Waals surface area contributed by atoms with Gasteiger partial charge in [-0.05, 0) is 35.9 Å². The molecule has 138 valence electrons. The molecule has 3 N–H and O–H groups in total. The molecule has 2 aromatic carbocycles. The number of amides is 1. The maximum Gasteiger partial charge on any atom is 0.271 e. The van der Waals surface area contributed by atoms with E-state index < -0.39 is 5.60 Å². The third-order valence-corrected chi connectivity index (χ3v) is 5.27. The van der Waals surface area contributed by atoms with E-state index in [2.05, 4.69) is 0 Å². The number of rotatable bonds is 4. The smallest absolute Gasteiger partial charge is 0.271 e. The number of allylic oxidation sites excluding steroid dienone is 1. The van der Waals surface area contributed by atoms with Crippen molar-refractivity contribution < 1.29 is 14.3 Å². The summed E-state index contributed by atoms with van der Waals surface area (Å²) in [6.07, 6.45) is 3.80. The van der Waals surface area contributed by atoms with E-state index in [1.807, 2.05) is 42.5 Å². The number of nitrogens with one attached hydrogen (secondary N) is 1. The van der Waals surface area contributed by atoms with Gasteiger partial charge in [0.1, 0.15) is 11.5 Å². The summed E-state index contributed by atoms with van der Waals surface area (Å²) >= 11 is 0. The molecule has 1 fully saturated rings. The Labute approximate surface area is 157 Å². The average Bonchev–Trinajstić information content (AvgIpc) is 3.23. The Hall–Kier alpha value is -3.28. The van der Waals surface area contributed by atoms with E-state index in [-0.39, 0.29) is 5.91 Å². The van der Waals surface area contributed by atoms with Gasteiger partial charge in [-0.3, -0.25) is 4.79 Å². The van der Waals surface area contributed by atoms with Gasteiger partial charge in [-0.1, -0.05) is 12.1 Å². The first-order chi connectivity index (χ1) is 13.1. The first-order valence-electron chi connectivity index (χ1n) is 8.81. The van der Waals surface area contributed by atoms with Crippen LogP contribution in [0.25, 0.3) is 5.57 Å². The van der Waals surface area contributed by atoms with Gasteiger partial charge in [0, 0.05) is 48.6 Å². The Balaban J connectivity index is 1.57. The molecular weight excluding hydrogens is 342 g/mol. The first kappa shape index (κ1) is 17.1. The number of hydrogen-bond acceptors (Lipinski definition) is 5. The van der Waals surface area contributed by atoms with Gasteiger partial charge in [0.05, 0.1) is 7.11 Å². The topological polar surface area (TPSA) is 88.6 Å². The molecule has 1 amide bonds. The molecule has 0 aromatic heterocycles. The molecule has 6 heteroatoms. The molecular formula is C21H21N3O3. The van der Waals surface area contributed by atoms with Crippen molar-refractivity contribution in [3.8, 4) is 11.5 Å². The Morgan fingerprint density at radius 2 is 2.07 bits per heavy atom. The number of ether oxygens (including phenoxy) is 2. The number of benzene rings is 2. The van der Waals surface area contributed by atoms with Crippen molar-refractivity contribution in [3.05, 3.63) is 59.8 Å². The highest BCUT2D eigenvalue weighted by molar-refractivity contribution is 6.08. The van der Waals surface area contributed by atoms with E-state index in [1.165, 1.54) is 12.4 Å². The highest BCUT2D eigenvalue weighted by atomic mass is 16.5. The molecule has 6 nitrogen and oxygen atoms in total. The van der Waals surface area contributed by atoms with Crippen LogP contribution < -0.4 is 20.1 Å². The predicted octanol–water partition coefficient (Wildman–Crippen LogP) is 2.75. The molecule has 1 spiro atoms. The Bertz CT molecular complexity index is 936. The molecule has 4 rings (SSSR count). The van der Waals surface area contributed by atoms with Crippen molar-refractivity contribution in [2.24, 2.45) is 5.73 Å². The highest BCUT2D eigenvalue weighted by Crippen LogP contribution is 2.43. The van der Waals surface area contributed by atoms with Crippen LogP contribution in [-0.2, 0) is 11.2 Å². The second kappa shape index (κ2) is 6.46. The second-order valence-corrected chi connectivity index (χ2v) is 6.77. The van der Waals surface area contributed by atoms with Crippen LogP contribution in [0.5, 0.6) is 11.5 Å². The van der Waals surface area contributed by atoms with Gasteiger partial charge in [-0.2, -0.15) is 0 Å². The van der Waals surface area contributed by atoms with Gasteiger partial charge < -0.3 is 25.5 Å². The van der Waals surface area contributed by atoms with Crippen molar-refractivity contribution in [2.75, 3.05) is 18.6 Å². The van der Waals surface area contributed by atoms with Crippen LogP contribution >= 0.6 is 0 Å². The molecule has 2 aliphatic rings. The van der Waals surface area contributed by atoms with E-state index in [4.69, 9.17) is 20.6 Å². The van der Waals surface area contributed by atoms with Crippen molar-refractivity contribution in [1.29, 1.82) is 5.41 Å². The molecule has 0 bridgehead atoms. The summed E-state index contributed by atoms with van der Waals surface area (Å²) in [4.78, 5) is 15.0. The van der Waals surface area contributed by atoms with Gasteiger partial charge in [0.15, 0.2) is 5.60 Å². The molecule has 1 saturated heterocycles. The number of methoxy groups -OCH3 is 1. The van der Waals surface area contributed by atoms with E-state index in [1.54, 1.807) is 12.0 Å². The minimum atomic E-state index is -0.829. The monoisotopic (exact) mass is 363 g/mol. The summed E-state index contributed by atoms with van der Waals surface area (Å²) in [6.45, 7) is 0.605. The zero-order valence-corrected chi connectivity index (χ0v) is 15.1. The molecule has 2 aromatic rings. The maximum absolute atomic E-state index is 13.2. The Morgan fingerprint density at radius 1 is 1.30 bits per heavy atom. The second-order valence-electron chi connectivity index (χ2n) is 6.77. The largest absolute Gasteiger partial charge is 0.497 e. The van der Waals surface area contributed by atoms with Crippen molar-refractivity contribution in [2.45, 2.75) is 18.4 Å². The molecule has 0 saturated carbocycles. The lowest BCUT2D eigenvalue weighted by Crippen LogP contribution is -2.44. The third kappa shape index (κ3) is 2.73. The fourth-order valence-corrected chi connectivity index (χ4v) is 3.79. The number of carbonyl (C=O) groups excluding carboxylic acids is 1. The average molecular weight is 363 g/mol. The number of nitrogens with zero attached hydrogens (tertiary/aromatic N) is 1. The minimum Gasteiger partial charge on any atom is -0.497 e. The van der Waals surface area contributed by atoms with Crippen LogP contribution in [-0.4, -0.2) is 31.4 Å². The summed E-state index contributed by atoms with van der Waals surface area (Å²) in [6, 6.07) is 13.1. The van der Waals surface area contributed by atoms with E-state index in [0.29, 0.717) is 25.0 Å². The van der Waals surface area contributed by atoms with Gasteiger partial charge in [-0.15, -0.1) is 0 Å². The molecule has 1 unspecified atom stereocenters. The van der Waals surface area contributed by atoms with Crippen LogP contribution in [0, 0.1) is 5.41 Å². The zero-order chi connectivity index (χ0) is 19.0. The van der Waals surface area contributed by atoms with E-state index in [9.17, 15) is 4.79 Å². The van der Waals surface area contributed by atoms with Gasteiger partial charge >= 0.3 is 0 Å². The lowest BCUT2D eigenvalue weighted by molar-refractivity contribution is -0.129. The molecule has 1 atom stereocenters.